The van der Waals surface area contributed by atoms with Crippen molar-refractivity contribution in [2.45, 2.75) is 26.8 Å². The average Bonchev–Trinajstić information content (AvgIpc) is 2.57. The van der Waals surface area contributed by atoms with Crippen molar-refractivity contribution >= 4 is 23.0 Å². The van der Waals surface area contributed by atoms with Crippen LogP contribution in [0.25, 0.3) is 0 Å². The minimum Gasteiger partial charge on any atom is -0.395 e. The van der Waals surface area contributed by atoms with Crippen molar-refractivity contribution in [3.63, 3.8) is 0 Å². The molecule has 0 unspecified atom stereocenters. The summed E-state index contributed by atoms with van der Waals surface area (Å²) in [6, 6.07) is 2.90. The Labute approximate surface area is 152 Å². The third-order valence-electron chi connectivity index (χ3n) is 3.76. The normalized spacial score (nSPS) is 10.9. The maximum atomic E-state index is 14.2. The third kappa shape index (κ3) is 4.46. The zero-order valence-corrected chi connectivity index (χ0v) is 14.7. The highest BCUT2D eigenvalue weighted by Gasteiger charge is 2.21. The number of anilines is 2. The van der Waals surface area contributed by atoms with E-state index in [4.69, 9.17) is 5.73 Å². The molecule has 0 aliphatic rings. The van der Waals surface area contributed by atoms with Crippen molar-refractivity contribution in [2.75, 3.05) is 11.1 Å². The summed E-state index contributed by atoms with van der Waals surface area (Å²) in [5.41, 5.74) is 3.40. The van der Waals surface area contributed by atoms with Gasteiger partial charge >= 0.3 is 11.2 Å². The van der Waals surface area contributed by atoms with Crippen LogP contribution < -0.4 is 16.6 Å². The van der Waals surface area contributed by atoms with Crippen LogP contribution in [0, 0.1) is 27.7 Å². The van der Waals surface area contributed by atoms with E-state index in [2.05, 4.69) is 5.32 Å². The molecule has 0 saturated carbocycles. The number of benzene rings is 1. The fourth-order valence-electron chi connectivity index (χ4n) is 2.55. The van der Waals surface area contributed by atoms with E-state index in [9.17, 15) is 28.5 Å². The highest BCUT2D eigenvalue weighted by atomic mass is 19.1. The number of carbonyl (C=O) groups is 1. The van der Waals surface area contributed by atoms with Crippen LogP contribution in [0.15, 0.2) is 29.2 Å². The quantitative estimate of drug-likeness (QED) is 0.453. The first kappa shape index (κ1) is 20.0. The first-order valence-electron chi connectivity index (χ1n) is 8.01. The Balaban J connectivity index is 2.35. The number of carbonyl (C=O) groups excluding carboxylic acids is 1. The zero-order chi connectivity index (χ0) is 20.3. The van der Waals surface area contributed by atoms with Gasteiger partial charge in [-0.3, -0.25) is 19.7 Å². The Hall–Kier alpha value is -3.30. The molecule has 1 amide bonds. The van der Waals surface area contributed by atoms with Crippen LogP contribution >= 0.6 is 0 Å². The summed E-state index contributed by atoms with van der Waals surface area (Å²) in [6.07, 6.45) is 1.39. The molecule has 27 heavy (non-hydrogen) atoms. The van der Waals surface area contributed by atoms with E-state index in [1.165, 1.54) is 12.3 Å². The number of nitrogen functional groups attached to an aromatic ring is 1. The predicted molar refractivity (Wildman–Crippen MR) is 95.3 cm³/mol. The van der Waals surface area contributed by atoms with Gasteiger partial charge in [0, 0.05) is 23.9 Å². The van der Waals surface area contributed by atoms with E-state index in [1.54, 1.807) is 0 Å². The van der Waals surface area contributed by atoms with Gasteiger partial charge in [0.2, 0.25) is 5.91 Å². The van der Waals surface area contributed by atoms with Crippen molar-refractivity contribution < 1.29 is 18.5 Å². The molecule has 1 aromatic heterocycles. The second kappa shape index (κ2) is 7.94. The fourth-order valence-corrected chi connectivity index (χ4v) is 2.55. The highest BCUT2D eigenvalue weighted by molar-refractivity contribution is 5.95. The number of nitrogens with two attached hydrogens (primary N) is 1. The van der Waals surface area contributed by atoms with E-state index in [1.807, 2.05) is 13.8 Å². The first-order valence-corrected chi connectivity index (χ1v) is 8.01. The van der Waals surface area contributed by atoms with Gasteiger partial charge in [0.05, 0.1) is 16.3 Å². The smallest absolute Gasteiger partial charge is 0.334 e. The van der Waals surface area contributed by atoms with Gasteiger partial charge in [-0.1, -0.05) is 13.8 Å². The van der Waals surface area contributed by atoms with Crippen LogP contribution in [0.3, 0.4) is 0 Å². The molecule has 0 saturated heterocycles. The SMILES string of the molecule is CC(C)Cc1c(F)cc(F)c(N)c1NC(=O)Cn1cccc([N+](=O)[O-])c1=O. The second-order valence-electron chi connectivity index (χ2n) is 6.34. The van der Waals surface area contributed by atoms with E-state index in [0.717, 1.165) is 10.6 Å². The molecular weight excluding hydrogens is 362 g/mol. The summed E-state index contributed by atoms with van der Waals surface area (Å²) < 4.78 is 28.8. The van der Waals surface area contributed by atoms with Crippen LogP contribution in [0.1, 0.15) is 19.4 Å². The third-order valence-corrected chi connectivity index (χ3v) is 3.76. The molecule has 144 valence electrons. The molecule has 3 N–H and O–H groups in total. The number of nitrogens with zero attached hydrogens (tertiary/aromatic N) is 2. The highest BCUT2D eigenvalue weighted by Crippen LogP contribution is 2.31. The van der Waals surface area contributed by atoms with Crippen molar-refractivity contribution in [2.24, 2.45) is 5.92 Å². The average molecular weight is 380 g/mol. The molecular formula is C17H18F2N4O4. The van der Waals surface area contributed by atoms with Gasteiger partial charge in [0.25, 0.3) is 0 Å². The lowest BCUT2D eigenvalue weighted by molar-refractivity contribution is -0.386. The Morgan fingerprint density at radius 3 is 2.63 bits per heavy atom. The van der Waals surface area contributed by atoms with E-state index >= 15 is 0 Å². The molecule has 10 heteroatoms. The standard InChI is InChI=1S/C17H18F2N4O4/c1-9(2)6-10-11(18)7-12(19)15(20)16(10)21-14(24)8-22-5-3-4-13(17(22)25)23(26)27/h3-5,7,9H,6,8,20H2,1-2H3,(H,21,24). The molecule has 0 bridgehead atoms. The number of aromatic nitrogens is 1. The van der Waals surface area contributed by atoms with Gasteiger partial charge in [-0.25, -0.2) is 8.78 Å². The number of halogens is 2. The topological polar surface area (TPSA) is 120 Å². The predicted octanol–water partition coefficient (Wildman–Crippen LogP) is 2.45. The minimum absolute atomic E-state index is 0.000550. The van der Waals surface area contributed by atoms with Gasteiger partial charge in [0.1, 0.15) is 12.4 Å². The van der Waals surface area contributed by atoms with E-state index in [0.29, 0.717) is 6.07 Å². The lowest BCUT2D eigenvalue weighted by atomic mass is 9.99. The molecule has 0 atom stereocenters. The van der Waals surface area contributed by atoms with Crippen LogP contribution in [-0.4, -0.2) is 15.4 Å². The van der Waals surface area contributed by atoms with Gasteiger partial charge in [0.15, 0.2) is 5.82 Å². The number of hydrogen-bond acceptors (Lipinski definition) is 5. The largest absolute Gasteiger partial charge is 0.395 e. The Morgan fingerprint density at radius 1 is 1.37 bits per heavy atom. The fraction of sp³-hybridized carbons (Fsp3) is 0.294. The molecule has 0 spiro atoms. The van der Waals surface area contributed by atoms with Crippen LogP contribution in [0.2, 0.25) is 0 Å². The van der Waals surface area contributed by atoms with Gasteiger partial charge in [-0.05, 0) is 18.4 Å². The molecule has 0 radical (unpaired) electrons. The van der Waals surface area contributed by atoms with Crippen molar-refractivity contribution in [3.8, 4) is 0 Å². The maximum absolute atomic E-state index is 14.2. The van der Waals surface area contributed by atoms with Crippen LogP contribution in [0.4, 0.5) is 25.8 Å². The molecule has 2 rings (SSSR count). The van der Waals surface area contributed by atoms with E-state index in [-0.39, 0.29) is 23.6 Å². The van der Waals surface area contributed by atoms with Crippen molar-refractivity contribution in [1.29, 1.82) is 0 Å². The maximum Gasteiger partial charge on any atom is 0.334 e. The lowest BCUT2D eigenvalue weighted by Gasteiger charge is -2.17. The molecule has 1 aromatic carbocycles. The summed E-state index contributed by atoms with van der Waals surface area (Å²) in [5.74, 6) is -2.68. The number of nitrogens with one attached hydrogen (secondary N) is 1. The van der Waals surface area contributed by atoms with Crippen molar-refractivity contribution in [1.82, 2.24) is 4.57 Å². The Morgan fingerprint density at radius 2 is 2.04 bits per heavy atom. The summed E-state index contributed by atoms with van der Waals surface area (Å²) >= 11 is 0. The van der Waals surface area contributed by atoms with Crippen LogP contribution in [-0.2, 0) is 17.8 Å². The number of pyridine rings is 1. The Bertz CT molecular complexity index is 957. The summed E-state index contributed by atoms with van der Waals surface area (Å²) in [5, 5.41) is 13.1. The number of nitro groups is 1. The number of hydrogen-bond donors (Lipinski definition) is 2. The summed E-state index contributed by atoms with van der Waals surface area (Å²) in [7, 11) is 0. The van der Waals surface area contributed by atoms with E-state index < -0.39 is 45.9 Å². The monoisotopic (exact) mass is 380 g/mol. The molecule has 0 fully saturated rings. The number of amides is 1. The summed E-state index contributed by atoms with van der Waals surface area (Å²) in [4.78, 5) is 34.2. The summed E-state index contributed by atoms with van der Waals surface area (Å²) in [6.45, 7) is 3.04. The van der Waals surface area contributed by atoms with Crippen LogP contribution in [0.5, 0.6) is 0 Å². The lowest BCUT2D eigenvalue weighted by Crippen LogP contribution is -2.29. The van der Waals surface area contributed by atoms with Gasteiger partial charge in [-0.15, -0.1) is 0 Å². The first-order chi connectivity index (χ1) is 12.6. The molecule has 8 nitrogen and oxygen atoms in total. The molecule has 2 aromatic rings. The van der Waals surface area contributed by atoms with Crippen molar-refractivity contribution in [3.05, 3.63) is 62.1 Å². The Kier molecular flexibility index (Phi) is 5.88. The molecule has 1 heterocycles. The molecule has 0 aliphatic carbocycles. The zero-order valence-electron chi connectivity index (χ0n) is 14.7. The van der Waals surface area contributed by atoms with Gasteiger partial charge < -0.3 is 15.6 Å². The van der Waals surface area contributed by atoms with Gasteiger partial charge in [-0.2, -0.15) is 0 Å². The number of rotatable bonds is 6. The second-order valence-corrected chi connectivity index (χ2v) is 6.34. The minimum atomic E-state index is -1.03. The molecule has 0 aliphatic heterocycles.